The number of rotatable bonds is 1. The summed E-state index contributed by atoms with van der Waals surface area (Å²) >= 11 is 0. The normalized spacial score (nSPS) is 13.4. The van der Waals surface area contributed by atoms with E-state index in [-0.39, 0.29) is 0 Å². The van der Waals surface area contributed by atoms with Crippen LogP contribution in [0.2, 0.25) is 0 Å². The Hall–Kier alpha value is -2.35. The molecule has 0 atom stereocenters. The molecule has 1 aliphatic heterocycles. The van der Waals surface area contributed by atoms with E-state index in [9.17, 15) is 4.79 Å². The van der Waals surface area contributed by atoms with Crippen LogP contribution in [0, 0.1) is 0 Å². The van der Waals surface area contributed by atoms with Gasteiger partial charge in [0.05, 0.1) is 5.69 Å². The Morgan fingerprint density at radius 2 is 1.83 bits per heavy atom. The molecule has 3 heteroatoms. The molecule has 2 N–H and O–H groups in total. The van der Waals surface area contributed by atoms with Gasteiger partial charge in [0.1, 0.15) is 11.6 Å². The number of anilines is 1. The maximum Gasteiger partial charge on any atom is 0.147 e. The van der Waals surface area contributed by atoms with E-state index in [1.165, 1.54) is 5.01 Å². The van der Waals surface area contributed by atoms with Gasteiger partial charge in [-0.15, -0.1) is 0 Å². The first-order valence-electron chi connectivity index (χ1n) is 5.77. The molecule has 88 valence electrons. The predicted octanol–water partition coefficient (Wildman–Crippen LogP) is 2.31. The number of hydrazine groups is 1. The van der Waals surface area contributed by atoms with E-state index in [0.717, 1.165) is 22.4 Å². The van der Waals surface area contributed by atoms with Crippen LogP contribution in [0.1, 0.15) is 5.56 Å². The molecule has 3 nitrogen and oxygen atoms in total. The maximum absolute atomic E-state index is 10.8. The molecule has 0 aliphatic carbocycles. The number of carbonyl (C=O) groups excluding carboxylic acids is 1. The van der Waals surface area contributed by atoms with Crippen molar-refractivity contribution in [2.75, 3.05) is 5.01 Å². The summed E-state index contributed by atoms with van der Waals surface area (Å²) in [6.45, 7) is 0. The number of nitrogens with two attached hydrogens (primary N) is 1. The van der Waals surface area contributed by atoms with E-state index in [1.807, 2.05) is 36.3 Å². The minimum absolute atomic E-state index is 0.482. The van der Waals surface area contributed by atoms with Gasteiger partial charge in [-0.05, 0) is 28.8 Å². The van der Waals surface area contributed by atoms with Crippen LogP contribution in [-0.2, 0) is 11.2 Å². The number of allylic oxidation sites excluding steroid dienone is 1. The summed E-state index contributed by atoms with van der Waals surface area (Å²) in [6.07, 6.45) is 0.552. The van der Waals surface area contributed by atoms with Gasteiger partial charge in [0.15, 0.2) is 0 Å². The highest BCUT2D eigenvalue weighted by atomic mass is 16.1. The second kappa shape index (κ2) is 4.15. The molecule has 1 heterocycles. The molecular formula is C15H12N2O. The third kappa shape index (κ3) is 1.63. The molecule has 0 aromatic heterocycles. The van der Waals surface area contributed by atoms with Crippen LogP contribution >= 0.6 is 0 Å². The molecule has 0 saturated carbocycles. The molecule has 2 aromatic rings. The quantitative estimate of drug-likeness (QED) is 0.610. The van der Waals surface area contributed by atoms with Crippen molar-refractivity contribution in [2.24, 2.45) is 5.84 Å². The van der Waals surface area contributed by atoms with Gasteiger partial charge in [-0.1, -0.05) is 36.4 Å². The first-order chi connectivity index (χ1) is 8.79. The monoisotopic (exact) mass is 236 g/mol. The summed E-state index contributed by atoms with van der Waals surface area (Å²) < 4.78 is 0. The molecule has 0 radical (unpaired) electrons. The zero-order chi connectivity index (χ0) is 12.5. The average molecular weight is 236 g/mol. The first-order valence-corrected chi connectivity index (χ1v) is 5.77. The van der Waals surface area contributed by atoms with Gasteiger partial charge in [-0.2, -0.15) is 0 Å². The van der Waals surface area contributed by atoms with Crippen LogP contribution in [0.5, 0.6) is 0 Å². The fraction of sp³-hybridized carbons (Fsp3) is 0.0667. The van der Waals surface area contributed by atoms with Crippen molar-refractivity contribution in [1.29, 1.82) is 0 Å². The van der Waals surface area contributed by atoms with Crippen molar-refractivity contribution >= 4 is 11.6 Å². The summed E-state index contributed by atoms with van der Waals surface area (Å²) in [7, 11) is 0. The Bertz CT molecular complexity index is 643. The summed E-state index contributed by atoms with van der Waals surface area (Å²) in [5.74, 6) is 7.71. The van der Waals surface area contributed by atoms with Crippen molar-refractivity contribution < 1.29 is 4.79 Å². The fourth-order valence-corrected chi connectivity index (χ4v) is 2.27. The Morgan fingerprint density at radius 3 is 2.56 bits per heavy atom. The van der Waals surface area contributed by atoms with Crippen molar-refractivity contribution in [3.63, 3.8) is 0 Å². The largest absolute Gasteiger partial charge is 0.272 e. The van der Waals surface area contributed by atoms with Crippen molar-refractivity contribution in [3.05, 3.63) is 59.8 Å². The second-order valence-corrected chi connectivity index (χ2v) is 4.31. The third-order valence-electron chi connectivity index (χ3n) is 3.21. The second-order valence-electron chi connectivity index (χ2n) is 4.31. The van der Waals surface area contributed by atoms with E-state index in [2.05, 4.69) is 18.2 Å². The maximum atomic E-state index is 10.8. The van der Waals surface area contributed by atoms with E-state index in [1.54, 1.807) is 0 Å². The van der Waals surface area contributed by atoms with E-state index in [4.69, 9.17) is 5.84 Å². The van der Waals surface area contributed by atoms with E-state index >= 15 is 0 Å². The number of hydrogen-bond acceptors (Lipinski definition) is 3. The molecule has 3 rings (SSSR count). The third-order valence-corrected chi connectivity index (χ3v) is 3.21. The summed E-state index contributed by atoms with van der Waals surface area (Å²) in [6, 6.07) is 16.2. The summed E-state index contributed by atoms with van der Waals surface area (Å²) in [5.41, 5.74) is 4.72. The molecular weight excluding hydrogens is 224 g/mol. The van der Waals surface area contributed by atoms with Gasteiger partial charge < -0.3 is 0 Å². The lowest BCUT2D eigenvalue weighted by Gasteiger charge is -2.11. The van der Waals surface area contributed by atoms with Crippen molar-refractivity contribution in [2.45, 2.75) is 6.42 Å². The van der Waals surface area contributed by atoms with Gasteiger partial charge in [0, 0.05) is 6.42 Å². The molecule has 1 aliphatic rings. The highest BCUT2D eigenvalue weighted by Crippen LogP contribution is 2.34. The summed E-state index contributed by atoms with van der Waals surface area (Å²) in [5, 5.41) is 1.41. The lowest BCUT2D eigenvalue weighted by Crippen LogP contribution is -2.26. The van der Waals surface area contributed by atoms with Gasteiger partial charge in [0.25, 0.3) is 0 Å². The summed E-state index contributed by atoms with van der Waals surface area (Å²) in [4.78, 5) is 10.8. The average Bonchev–Trinajstić information content (AvgIpc) is 2.76. The zero-order valence-corrected chi connectivity index (χ0v) is 9.76. The van der Waals surface area contributed by atoms with Gasteiger partial charge >= 0.3 is 0 Å². The molecule has 0 bridgehead atoms. The smallest absolute Gasteiger partial charge is 0.147 e. The van der Waals surface area contributed by atoms with Crippen molar-refractivity contribution in [1.82, 2.24) is 0 Å². The van der Waals surface area contributed by atoms with E-state index < -0.39 is 0 Å². The predicted molar refractivity (Wildman–Crippen MR) is 71.5 cm³/mol. The number of fused-ring (bicyclic) bond motifs is 1. The molecule has 18 heavy (non-hydrogen) atoms. The number of hydrogen-bond donors (Lipinski definition) is 1. The Morgan fingerprint density at radius 1 is 1.06 bits per heavy atom. The van der Waals surface area contributed by atoms with Crippen LogP contribution in [0.15, 0.2) is 54.2 Å². The SMILES string of the molecule is NN1C(=C=O)Cc2cc(-c3ccccc3)ccc21. The number of nitrogens with zero attached hydrogens (tertiary/aromatic N) is 1. The molecule has 0 saturated heterocycles. The Balaban J connectivity index is 2.07. The molecule has 0 fully saturated rings. The van der Waals surface area contributed by atoms with E-state index in [0.29, 0.717) is 12.1 Å². The number of benzene rings is 2. The highest BCUT2D eigenvalue weighted by Gasteiger charge is 2.22. The zero-order valence-electron chi connectivity index (χ0n) is 9.76. The minimum Gasteiger partial charge on any atom is -0.272 e. The van der Waals surface area contributed by atoms with Crippen molar-refractivity contribution in [3.8, 4) is 11.1 Å². The van der Waals surface area contributed by atoms with Crippen LogP contribution < -0.4 is 10.9 Å². The topological polar surface area (TPSA) is 46.3 Å². The highest BCUT2D eigenvalue weighted by molar-refractivity contribution is 5.76. The van der Waals surface area contributed by atoms with Gasteiger partial charge in [-0.3, -0.25) is 5.01 Å². The molecule has 0 amide bonds. The lowest BCUT2D eigenvalue weighted by atomic mass is 10.0. The Kier molecular flexibility index (Phi) is 2.49. The molecule has 0 spiro atoms. The van der Waals surface area contributed by atoms with Crippen LogP contribution in [0.25, 0.3) is 11.1 Å². The lowest BCUT2D eigenvalue weighted by molar-refractivity contribution is 0.566. The van der Waals surface area contributed by atoms with Crippen LogP contribution in [-0.4, -0.2) is 5.94 Å². The van der Waals surface area contributed by atoms with Crippen LogP contribution in [0.3, 0.4) is 0 Å². The van der Waals surface area contributed by atoms with Gasteiger partial charge in [0.2, 0.25) is 0 Å². The first kappa shape index (κ1) is 10.8. The standard InChI is InChI=1S/C15H12N2O/c16-17-14(10-18)9-13-8-12(6-7-15(13)17)11-4-2-1-3-5-11/h1-8H,9,16H2. The van der Waals surface area contributed by atoms with Crippen LogP contribution in [0.4, 0.5) is 5.69 Å². The fourth-order valence-electron chi connectivity index (χ4n) is 2.27. The molecule has 2 aromatic carbocycles. The Labute approximate surface area is 105 Å². The van der Waals surface area contributed by atoms with Gasteiger partial charge in [-0.25, -0.2) is 10.6 Å². The molecule has 0 unspecified atom stereocenters. The minimum atomic E-state index is 0.482.